The molecule has 0 saturated carbocycles. The van der Waals surface area contributed by atoms with Crippen molar-refractivity contribution in [1.29, 1.82) is 0 Å². The van der Waals surface area contributed by atoms with Gasteiger partial charge in [-0.15, -0.1) is 0 Å². The fourth-order valence-corrected chi connectivity index (χ4v) is 10.7. The van der Waals surface area contributed by atoms with E-state index in [1.54, 1.807) is 0 Å². The molecule has 0 aliphatic rings. The molecule has 10 rings (SSSR count). The van der Waals surface area contributed by atoms with Crippen molar-refractivity contribution in [2.75, 3.05) is 0 Å². The summed E-state index contributed by atoms with van der Waals surface area (Å²) < 4.78 is 14.9. The van der Waals surface area contributed by atoms with E-state index in [-0.39, 0.29) is 0 Å². The molecule has 0 fully saturated rings. The fraction of sp³-hybridized carbons (Fsp3) is 0.0192. The van der Waals surface area contributed by atoms with Crippen LogP contribution in [0.15, 0.2) is 200 Å². The first kappa shape index (κ1) is 34.5. The lowest BCUT2D eigenvalue weighted by Gasteiger charge is -2.20. The number of para-hydroxylation sites is 1. The average Bonchev–Trinajstić information content (AvgIpc) is 3.29. The maximum Gasteiger partial charge on any atom is 0.171 e. The number of pyridine rings is 1. The molecule has 0 unspecified atom stereocenters. The monoisotopic (exact) mass is 749 g/mol. The molecule has 0 atom stereocenters. The third-order valence-corrected chi connectivity index (χ3v) is 13.9. The van der Waals surface area contributed by atoms with Crippen LogP contribution in [0, 0.1) is 6.92 Å². The number of hydrogen-bond donors (Lipinski definition) is 0. The minimum atomic E-state index is -3.06. The second kappa shape index (κ2) is 14.3. The molecule has 0 amide bonds. The summed E-state index contributed by atoms with van der Waals surface area (Å²) in [6.45, 7) is 2.15. The molecule has 8 aromatic carbocycles. The van der Waals surface area contributed by atoms with Crippen LogP contribution in [0.2, 0.25) is 0 Å². The minimum Gasteiger partial charge on any atom is -0.309 e. The molecule has 0 bridgehead atoms. The van der Waals surface area contributed by atoms with Gasteiger partial charge in [-0.25, -0.2) is 15.0 Å². The summed E-state index contributed by atoms with van der Waals surface area (Å²) in [5.41, 5.74) is 11.5. The summed E-state index contributed by atoms with van der Waals surface area (Å²) >= 11 is 0. The average molecular weight is 750 g/mol. The Hall–Kier alpha value is -7.00. The molecule has 2 aromatic heterocycles. The van der Waals surface area contributed by atoms with Gasteiger partial charge in [-0.1, -0.05) is 188 Å². The molecule has 0 spiro atoms. The van der Waals surface area contributed by atoms with E-state index in [1.165, 1.54) is 0 Å². The largest absolute Gasteiger partial charge is 0.309 e. The van der Waals surface area contributed by atoms with E-state index in [2.05, 4.69) is 91.9 Å². The predicted molar refractivity (Wildman–Crippen MR) is 238 cm³/mol. The summed E-state index contributed by atoms with van der Waals surface area (Å²) in [6, 6.07) is 67.5. The lowest BCUT2D eigenvalue weighted by atomic mass is 9.94. The third kappa shape index (κ3) is 6.03. The number of fused-ring (bicyclic) bond motifs is 5. The summed E-state index contributed by atoms with van der Waals surface area (Å²) in [5.74, 6) is 0. The molecule has 270 valence electrons. The molecule has 0 aliphatic heterocycles. The number of aryl methyl sites for hydroxylation is 1. The van der Waals surface area contributed by atoms with Crippen LogP contribution in [0.1, 0.15) is 5.56 Å². The second-order valence-corrected chi connectivity index (χ2v) is 17.1. The van der Waals surface area contributed by atoms with Gasteiger partial charge < -0.3 is 4.57 Å². The first-order valence-electron chi connectivity index (χ1n) is 19.1. The normalized spacial score (nSPS) is 11.7. The zero-order chi connectivity index (χ0) is 38.3. The topological polar surface area (TPSA) is 55.7 Å². The Morgan fingerprint density at radius 2 is 0.789 bits per heavy atom. The van der Waals surface area contributed by atoms with Crippen molar-refractivity contribution in [3.8, 4) is 44.9 Å². The highest BCUT2D eigenvalue weighted by molar-refractivity contribution is 7.85. The zero-order valence-corrected chi connectivity index (χ0v) is 32.1. The van der Waals surface area contributed by atoms with Gasteiger partial charge in [0.15, 0.2) is 7.14 Å². The first-order valence-corrected chi connectivity index (χ1v) is 20.8. The molecule has 0 saturated heterocycles. The van der Waals surface area contributed by atoms with E-state index in [0.29, 0.717) is 0 Å². The van der Waals surface area contributed by atoms with Gasteiger partial charge in [-0.05, 0) is 35.7 Å². The Kier molecular flexibility index (Phi) is 8.62. The molecule has 57 heavy (non-hydrogen) atoms. The van der Waals surface area contributed by atoms with Gasteiger partial charge in [0.25, 0.3) is 0 Å². The SMILES string of the molecule is Cc1cc2nc(-c3ccccc3)c(-c3ccccc3)nc2c2c1c(-c1ccc(-c3ccc(P(=O)(c4ccccc4)c4ccccc4)cc3)cc1)nc1ccccc12. The van der Waals surface area contributed by atoms with E-state index < -0.39 is 7.14 Å². The Balaban J connectivity index is 1.10. The van der Waals surface area contributed by atoms with Crippen molar-refractivity contribution in [2.24, 2.45) is 0 Å². The smallest absolute Gasteiger partial charge is 0.171 e. The van der Waals surface area contributed by atoms with Crippen molar-refractivity contribution in [1.82, 2.24) is 15.0 Å². The van der Waals surface area contributed by atoms with Crippen LogP contribution in [0.25, 0.3) is 77.6 Å². The maximum atomic E-state index is 14.9. The highest BCUT2D eigenvalue weighted by atomic mass is 31.2. The van der Waals surface area contributed by atoms with Crippen LogP contribution in [0.4, 0.5) is 0 Å². The number of aromatic nitrogens is 3. The number of benzene rings is 8. The molecular weight excluding hydrogens is 714 g/mol. The maximum absolute atomic E-state index is 14.9. The highest BCUT2D eigenvalue weighted by Crippen LogP contribution is 2.43. The van der Waals surface area contributed by atoms with Gasteiger partial charge in [0.2, 0.25) is 0 Å². The molecule has 0 radical (unpaired) electrons. The van der Waals surface area contributed by atoms with Gasteiger partial charge in [0, 0.05) is 48.8 Å². The second-order valence-electron chi connectivity index (χ2n) is 14.3. The quantitative estimate of drug-likeness (QED) is 0.120. The van der Waals surface area contributed by atoms with Crippen molar-refractivity contribution < 1.29 is 4.57 Å². The van der Waals surface area contributed by atoms with Gasteiger partial charge >= 0.3 is 0 Å². The van der Waals surface area contributed by atoms with E-state index in [4.69, 9.17) is 15.0 Å². The summed E-state index contributed by atoms with van der Waals surface area (Å²) in [5, 5.41) is 5.62. The van der Waals surface area contributed by atoms with Gasteiger partial charge in [-0.3, -0.25) is 0 Å². The number of hydrogen-bond acceptors (Lipinski definition) is 4. The van der Waals surface area contributed by atoms with Crippen LogP contribution in [0.3, 0.4) is 0 Å². The number of rotatable bonds is 7. The fourth-order valence-electron chi connectivity index (χ4n) is 8.06. The summed E-state index contributed by atoms with van der Waals surface area (Å²) in [4.78, 5) is 16.1. The summed E-state index contributed by atoms with van der Waals surface area (Å²) in [7, 11) is -3.06. The zero-order valence-electron chi connectivity index (χ0n) is 31.2. The Labute approximate surface area is 331 Å². The van der Waals surface area contributed by atoms with Crippen LogP contribution >= 0.6 is 7.14 Å². The highest BCUT2D eigenvalue weighted by Gasteiger charge is 2.29. The van der Waals surface area contributed by atoms with Crippen LogP contribution < -0.4 is 15.9 Å². The molecule has 2 heterocycles. The van der Waals surface area contributed by atoms with Crippen molar-refractivity contribution >= 4 is 55.8 Å². The number of nitrogens with zero attached hydrogens (tertiary/aromatic N) is 3. The van der Waals surface area contributed by atoms with Gasteiger partial charge in [-0.2, -0.15) is 0 Å². The van der Waals surface area contributed by atoms with Crippen LogP contribution in [0.5, 0.6) is 0 Å². The lowest BCUT2D eigenvalue weighted by Crippen LogP contribution is -2.24. The van der Waals surface area contributed by atoms with E-state index in [1.807, 2.05) is 115 Å². The van der Waals surface area contributed by atoms with E-state index in [9.17, 15) is 4.57 Å². The first-order chi connectivity index (χ1) is 28.1. The summed E-state index contributed by atoms with van der Waals surface area (Å²) in [6.07, 6.45) is 0. The third-order valence-electron chi connectivity index (χ3n) is 10.9. The standard InChI is InChI=1S/C52H36N3OP/c1-35-34-46-52(55-51(39-18-8-3-9-19-39)50(54-46)38-16-6-2-7-17-38)48-44-24-14-15-25-45(44)53-49(47(35)48)40-28-26-36(27-29-40)37-30-32-43(33-31-37)57(56,41-20-10-4-11-21-41)42-22-12-5-13-23-42/h2-34H,1H3. The molecule has 0 aliphatic carbocycles. The Morgan fingerprint density at radius 1 is 0.368 bits per heavy atom. The molecule has 5 heteroatoms. The van der Waals surface area contributed by atoms with Crippen molar-refractivity contribution in [3.63, 3.8) is 0 Å². The van der Waals surface area contributed by atoms with Crippen molar-refractivity contribution in [2.45, 2.75) is 6.92 Å². The molecular formula is C52H36N3OP. The van der Waals surface area contributed by atoms with E-state index >= 15 is 0 Å². The van der Waals surface area contributed by atoms with Crippen LogP contribution in [-0.2, 0) is 4.57 Å². The van der Waals surface area contributed by atoms with Crippen LogP contribution in [-0.4, -0.2) is 15.0 Å². The Bertz CT molecular complexity index is 3070. The predicted octanol–water partition coefficient (Wildman–Crippen LogP) is 11.9. The minimum absolute atomic E-state index is 0.809. The van der Waals surface area contributed by atoms with Gasteiger partial charge in [0.05, 0.1) is 33.6 Å². The molecule has 4 nitrogen and oxygen atoms in total. The van der Waals surface area contributed by atoms with Crippen molar-refractivity contribution in [3.05, 3.63) is 206 Å². The molecule has 0 N–H and O–H groups in total. The molecule has 10 aromatic rings. The van der Waals surface area contributed by atoms with E-state index in [0.717, 1.165) is 99.1 Å². The van der Waals surface area contributed by atoms with Gasteiger partial charge in [0.1, 0.15) is 0 Å². The lowest BCUT2D eigenvalue weighted by molar-refractivity contribution is 0.592. The Morgan fingerprint density at radius 3 is 1.37 bits per heavy atom.